The molecular formula is C21H24N2O4. The summed E-state index contributed by atoms with van der Waals surface area (Å²) in [6, 6.07) is 10.4. The maximum absolute atomic E-state index is 12.8. The van der Waals surface area contributed by atoms with Crippen LogP contribution in [0.1, 0.15) is 45.3 Å². The molecule has 142 valence electrons. The predicted octanol–water partition coefficient (Wildman–Crippen LogP) is 2.58. The molecular weight excluding hydrogens is 344 g/mol. The van der Waals surface area contributed by atoms with Crippen molar-refractivity contribution in [3.63, 3.8) is 0 Å². The van der Waals surface area contributed by atoms with Crippen LogP contribution in [0.3, 0.4) is 0 Å². The summed E-state index contributed by atoms with van der Waals surface area (Å²) in [7, 11) is 0. The highest BCUT2D eigenvalue weighted by Gasteiger charge is 2.28. The number of nitrogens with zero attached hydrogens (tertiary/aromatic N) is 2. The molecule has 27 heavy (non-hydrogen) atoms. The second kappa shape index (κ2) is 7.78. The lowest BCUT2D eigenvalue weighted by molar-refractivity contribution is 0.0696. The highest BCUT2D eigenvalue weighted by Crippen LogP contribution is 2.22. The van der Waals surface area contributed by atoms with E-state index < -0.39 is 5.97 Å². The molecule has 1 aliphatic rings. The van der Waals surface area contributed by atoms with Crippen molar-refractivity contribution in [1.29, 1.82) is 0 Å². The van der Waals surface area contributed by atoms with Crippen LogP contribution in [-0.2, 0) is 13.0 Å². The summed E-state index contributed by atoms with van der Waals surface area (Å²) in [5, 5.41) is 9.11. The fourth-order valence-electron chi connectivity index (χ4n) is 3.75. The molecule has 1 saturated heterocycles. The summed E-state index contributed by atoms with van der Waals surface area (Å²) in [6.45, 7) is 5.47. The van der Waals surface area contributed by atoms with Crippen molar-refractivity contribution in [2.24, 2.45) is 5.92 Å². The number of carbonyl (C=O) groups is 2. The first kappa shape index (κ1) is 18.9. The number of aryl methyl sites for hydroxylation is 1. The number of aromatic carboxylic acids is 1. The van der Waals surface area contributed by atoms with E-state index in [1.165, 1.54) is 0 Å². The van der Waals surface area contributed by atoms with Crippen molar-refractivity contribution in [3.05, 3.63) is 69.1 Å². The van der Waals surface area contributed by atoms with Crippen LogP contribution in [0.5, 0.6) is 0 Å². The number of carbonyl (C=O) groups excluding carboxylic acids is 1. The Morgan fingerprint density at radius 3 is 2.70 bits per heavy atom. The third kappa shape index (κ3) is 3.94. The molecule has 1 aromatic heterocycles. The van der Waals surface area contributed by atoms with Crippen LogP contribution in [0.15, 0.2) is 41.2 Å². The molecule has 6 heteroatoms. The van der Waals surface area contributed by atoms with Gasteiger partial charge in [-0.2, -0.15) is 0 Å². The maximum atomic E-state index is 12.8. The molecule has 0 aliphatic carbocycles. The molecule has 1 fully saturated rings. The van der Waals surface area contributed by atoms with Gasteiger partial charge >= 0.3 is 5.97 Å². The van der Waals surface area contributed by atoms with Gasteiger partial charge in [-0.1, -0.05) is 12.1 Å². The molecule has 1 aromatic carbocycles. The standard InChI is InChI=1S/C21H24N2O4/c1-3-23-14(2)7-8-18(20(23)25)19(24)22-10-9-16(13-22)11-15-5-4-6-17(12-15)21(26)27/h4-8,12,16H,3,9-11,13H2,1-2H3,(H,26,27). The summed E-state index contributed by atoms with van der Waals surface area (Å²) in [6.07, 6.45) is 1.56. The largest absolute Gasteiger partial charge is 0.478 e. The first-order valence-corrected chi connectivity index (χ1v) is 9.22. The molecule has 1 N–H and O–H groups in total. The lowest BCUT2D eigenvalue weighted by Gasteiger charge is -2.18. The fourth-order valence-corrected chi connectivity index (χ4v) is 3.75. The van der Waals surface area contributed by atoms with Crippen LogP contribution in [0.4, 0.5) is 0 Å². The van der Waals surface area contributed by atoms with Crippen LogP contribution in [0, 0.1) is 12.8 Å². The zero-order valence-corrected chi connectivity index (χ0v) is 15.6. The highest BCUT2D eigenvalue weighted by atomic mass is 16.4. The minimum Gasteiger partial charge on any atom is -0.478 e. The minimum absolute atomic E-state index is 0.218. The van der Waals surface area contributed by atoms with Crippen LogP contribution in [0.25, 0.3) is 0 Å². The van der Waals surface area contributed by atoms with E-state index in [1.54, 1.807) is 33.7 Å². The third-order valence-corrected chi connectivity index (χ3v) is 5.21. The normalized spacial score (nSPS) is 16.5. The molecule has 0 spiro atoms. The Labute approximate surface area is 158 Å². The number of hydrogen-bond acceptors (Lipinski definition) is 3. The van der Waals surface area contributed by atoms with Gasteiger partial charge in [-0.15, -0.1) is 0 Å². The summed E-state index contributed by atoms with van der Waals surface area (Å²) in [5.74, 6) is -0.896. The zero-order chi connectivity index (χ0) is 19.6. The Balaban J connectivity index is 1.71. The van der Waals surface area contributed by atoms with E-state index in [4.69, 9.17) is 5.11 Å². The van der Waals surface area contributed by atoms with E-state index in [2.05, 4.69) is 0 Å². The number of carboxylic acid groups (broad SMARTS) is 1. The average molecular weight is 368 g/mol. The first-order chi connectivity index (χ1) is 12.9. The summed E-state index contributed by atoms with van der Waals surface area (Å²) >= 11 is 0. The van der Waals surface area contributed by atoms with Gasteiger partial charge in [0.05, 0.1) is 5.56 Å². The second-order valence-electron chi connectivity index (χ2n) is 7.05. The quantitative estimate of drug-likeness (QED) is 0.880. The van der Waals surface area contributed by atoms with Crippen LogP contribution >= 0.6 is 0 Å². The Hall–Kier alpha value is -2.89. The number of pyridine rings is 1. The first-order valence-electron chi connectivity index (χ1n) is 9.22. The van der Waals surface area contributed by atoms with Crippen molar-refractivity contribution in [1.82, 2.24) is 9.47 Å². The number of carboxylic acids is 1. The Morgan fingerprint density at radius 1 is 1.22 bits per heavy atom. The molecule has 0 bridgehead atoms. The van der Waals surface area contributed by atoms with E-state index in [0.29, 0.717) is 19.6 Å². The molecule has 1 unspecified atom stereocenters. The molecule has 1 atom stereocenters. The maximum Gasteiger partial charge on any atom is 0.335 e. The summed E-state index contributed by atoms with van der Waals surface area (Å²) in [5.41, 5.74) is 2.06. The third-order valence-electron chi connectivity index (χ3n) is 5.21. The average Bonchev–Trinajstić information content (AvgIpc) is 3.10. The molecule has 6 nitrogen and oxygen atoms in total. The molecule has 1 aliphatic heterocycles. The van der Waals surface area contributed by atoms with Gasteiger partial charge in [-0.05, 0) is 62.4 Å². The van der Waals surface area contributed by atoms with E-state index in [-0.39, 0.29) is 28.5 Å². The van der Waals surface area contributed by atoms with Crippen molar-refractivity contribution in [2.75, 3.05) is 13.1 Å². The number of benzene rings is 1. The summed E-state index contributed by atoms with van der Waals surface area (Å²) < 4.78 is 1.61. The van der Waals surface area contributed by atoms with Crippen molar-refractivity contribution < 1.29 is 14.7 Å². The van der Waals surface area contributed by atoms with Gasteiger partial charge in [0.1, 0.15) is 5.56 Å². The lowest BCUT2D eigenvalue weighted by Crippen LogP contribution is -2.36. The zero-order valence-electron chi connectivity index (χ0n) is 15.6. The molecule has 3 rings (SSSR count). The number of hydrogen-bond donors (Lipinski definition) is 1. The Bertz CT molecular complexity index is 932. The SMILES string of the molecule is CCn1c(C)ccc(C(=O)N2CCC(Cc3cccc(C(=O)O)c3)C2)c1=O. The predicted molar refractivity (Wildman–Crippen MR) is 102 cm³/mol. The minimum atomic E-state index is -0.938. The van der Waals surface area contributed by atoms with Crippen molar-refractivity contribution >= 4 is 11.9 Å². The van der Waals surface area contributed by atoms with Crippen molar-refractivity contribution in [3.8, 4) is 0 Å². The van der Waals surface area contributed by atoms with Gasteiger partial charge < -0.3 is 14.6 Å². The number of likely N-dealkylation sites (tertiary alicyclic amines) is 1. The van der Waals surface area contributed by atoms with Gasteiger partial charge in [0.15, 0.2) is 0 Å². The fraction of sp³-hybridized carbons (Fsp3) is 0.381. The van der Waals surface area contributed by atoms with Crippen LogP contribution < -0.4 is 5.56 Å². The number of amides is 1. The Kier molecular flexibility index (Phi) is 5.44. The smallest absolute Gasteiger partial charge is 0.335 e. The molecule has 0 radical (unpaired) electrons. The topological polar surface area (TPSA) is 79.6 Å². The van der Waals surface area contributed by atoms with Crippen LogP contribution in [0.2, 0.25) is 0 Å². The highest BCUT2D eigenvalue weighted by molar-refractivity contribution is 5.94. The van der Waals surface area contributed by atoms with E-state index in [9.17, 15) is 14.4 Å². The van der Waals surface area contributed by atoms with Gasteiger partial charge in [-0.3, -0.25) is 9.59 Å². The molecule has 0 saturated carbocycles. The van der Waals surface area contributed by atoms with E-state index in [1.807, 2.05) is 26.0 Å². The monoisotopic (exact) mass is 368 g/mol. The van der Waals surface area contributed by atoms with Gasteiger partial charge in [0.2, 0.25) is 0 Å². The molecule has 1 amide bonds. The number of rotatable bonds is 5. The van der Waals surface area contributed by atoms with Gasteiger partial charge in [-0.25, -0.2) is 4.79 Å². The second-order valence-corrected chi connectivity index (χ2v) is 7.05. The van der Waals surface area contributed by atoms with Gasteiger partial charge in [0.25, 0.3) is 11.5 Å². The van der Waals surface area contributed by atoms with E-state index in [0.717, 1.165) is 24.1 Å². The lowest BCUT2D eigenvalue weighted by atomic mass is 9.97. The van der Waals surface area contributed by atoms with Gasteiger partial charge in [0, 0.05) is 25.3 Å². The Morgan fingerprint density at radius 2 is 2.00 bits per heavy atom. The van der Waals surface area contributed by atoms with E-state index >= 15 is 0 Å². The van der Waals surface area contributed by atoms with Crippen LogP contribution in [-0.4, -0.2) is 39.5 Å². The molecule has 2 heterocycles. The van der Waals surface area contributed by atoms with Crippen molar-refractivity contribution in [2.45, 2.75) is 33.2 Å². The summed E-state index contributed by atoms with van der Waals surface area (Å²) in [4.78, 5) is 38.2. The number of aromatic nitrogens is 1. The molecule has 2 aromatic rings.